The molecule has 1 aliphatic heterocycles. The number of hydrogen-bond acceptors (Lipinski definition) is 2. The van der Waals surface area contributed by atoms with Gasteiger partial charge in [-0.05, 0) is 32.6 Å². The summed E-state index contributed by atoms with van der Waals surface area (Å²) >= 11 is 0. The van der Waals surface area contributed by atoms with Gasteiger partial charge in [0.1, 0.15) is 0 Å². The number of nitrogens with two attached hydrogens (primary N) is 1. The molecule has 1 aliphatic rings. The number of carbonyl (C=O) groups is 1. The molecule has 1 fully saturated rings. The van der Waals surface area contributed by atoms with Gasteiger partial charge >= 0.3 is 6.03 Å². The molecule has 0 aromatic rings. The molecule has 0 spiro atoms. The van der Waals surface area contributed by atoms with Gasteiger partial charge in [0.25, 0.3) is 0 Å². The van der Waals surface area contributed by atoms with Gasteiger partial charge < -0.3 is 15.5 Å². The first kappa shape index (κ1) is 15.5. The quantitative estimate of drug-likeness (QED) is 0.807. The fourth-order valence-corrected chi connectivity index (χ4v) is 1.99. The molecule has 2 amide bonds. The van der Waals surface area contributed by atoms with Crippen molar-refractivity contribution in [2.75, 3.05) is 26.7 Å². The number of urea groups is 1. The summed E-state index contributed by atoms with van der Waals surface area (Å²) < 4.78 is 0. The summed E-state index contributed by atoms with van der Waals surface area (Å²) in [5.74, 6) is 0.466. The summed E-state index contributed by atoms with van der Waals surface area (Å²) in [6.07, 6.45) is 2.23. The molecule has 0 aromatic carbocycles. The molecule has 16 heavy (non-hydrogen) atoms. The monoisotopic (exact) mass is 249 g/mol. The maximum atomic E-state index is 11.9. The first-order valence-electron chi connectivity index (χ1n) is 5.81. The lowest BCUT2D eigenvalue weighted by Crippen LogP contribution is -2.49. The Labute approximate surface area is 105 Å². The third kappa shape index (κ3) is 3.83. The lowest BCUT2D eigenvalue weighted by molar-refractivity contribution is 0.132. The van der Waals surface area contributed by atoms with Crippen LogP contribution in [0.25, 0.3) is 0 Å². The number of rotatable bonds is 2. The average molecular weight is 250 g/mol. The van der Waals surface area contributed by atoms with E-state index < -0.39 is 0 Å². The molecule has 2 unspecified atom stereocenters. The maximum Gasteiger partial charge on any atom is 0.319 e. The maximum absolute atomic E-state index is 11.9. The lowest BCUT2D eigenvalue weighted by atomic mass is 9.92. The molecule has 5 heteroatoms. The highest BCUT2D eigenvalue weighted by molar-refractivity contribution is 5.85. The van der Waals surface area contributed by atoms with E-state index in [1.807, 2.05) is 25.8 Å². The first-order valence-corrected chi connectivity index (χ1v) is 5.81. The van der Waals surface area contributed by atoms with Crippen LogP contribution in [0.3, 0.4) is 0 Å². The van der Waals surface area contributed by atoms with E-state index in [-0.39, 0.29) is 24.5 Å². The Hall–Kier alpha value is -0.480. The Bertz CT molecular complexity index is 223. The fourth-order valence-electron chi connectivity index (χ4n) is 1.99. The van der Waals surface area contributed by atoms with Gasteiger partial charge in [-0.15, -0.1) is 12.4 Å². The highest BCUT2D eigenvalue weighted by Crippen LogP contribution is 2.19. The Morgan fingerprint density at radius 1 is 1.62 bits per heavy atom. The molecule has 0 bridgehead atoms. The summed E-state index contributed by atoms with van der Waals surface area (Å²) in [7, 11) is 1.85. The van der Waals surface area contributed by atoms with Crippen LogP contribution in [0.1, 0.15) is 26.7 Å². The normalized spacial score (nSPS) is 22.2. The Morgan fingerprint density at radius 3 is 2.75 bits per heavy atom. The molecule has 1 heterocycles. The van der Waals surface area contributed by atoms with Gasteiger partial charge in [-0.3, -0.25) is 0 Å². The van der Waals surface area contributed by atoms with Crippen molar-refractivity contribution in [1.29, 1.82) is 0 Å². The van der Waals surface area contributed by atoms with Crippen LogP contribution in [-0.4, -0.2) is 48.6 Å². The molecule has 0 aliphatic carbocycles. The SMILES string of the molecule is CCN(C)C(=O)N1CCCC(C(C)N)C1.Cl. The van der Waals surface area contributed by atoms with Crippen molar-refractivity contribution >= 4 is 18.4 Å². The number of amides is 2. The van der Waals surface area contributed by atoms with Crippen molar-refractivity contribution in [2.45, 2.75) is 32.7 Å². The fraction of sp³-hybridized carbons (Fsp3) is 0.909. The van der Waals surface area contributed by atoms with Gasteiger partial charge in [-0.2, -0.15) is 0 Å². The molecular weight excluding hydrogens is 226 g/mol. The smallest absolute Gasteiger partial charge is 0.319 e. The first-order chi connectivity index (χ1) is 7.06. The number of carbonyl (C=O) groups excluding carboxylic acids is 1. The molecule has 1 rings (SSSR count). The molecule has 0 aromatic heterocycles. The van der Waals surface area contributed by atoms with Crippen molar-refractivity contribution in [3.05, 3.63) is 0 Å². The van der Waals surface area contributed by atoms with Crippen molar-refractivity contribution in [2.24, 2.45) is 11.7 Å². The average Bonchev–Trinajstić information content (AvgIpc) is 2.27. The molecule has 0 saturated carbocycles. The number of nitrogens with zero attached hydrogens (tertiary/aromatic N) is 2. The van der Waals surface area contributed by atoms with Crippen LogP contribution in [-0.2, 0) is 0 Å². The van der Waals surface area contributed by atoms with E-state index in [0.717, 1.165) is 32.5 Å². The van der Waals surface area contributed by atoms with Crippen molar-refractivity contribution in [3.63, 3.8) is 0 Å². The van der Waals surface area contributed by atoms with E-state index in [1.54, 1.807) is 4.90 Å². The minimum atomic E-state index is 0. The minimum absolute atomic E-state index is 0. The van der Waals surface area contributed by atoms with E-state index in [0.29, 0.717) is 5.92 Å². The van der Waals surface area contributed by atoms with Gasteiger partial charge in [0.05, 0.1) is 0 Å². The number of halogens is 1. The summed E-state index contributed by atoms with van der Waals surface area (Å²) in [6, 6.07) is 0.329. The lowest BCUT2D eigenvalue weighted by Gasteiger charge is -2.36. The van der Waals surface area contributed by atoms with E-state index in [9.17, 15) is 4.79 Å². The molecule has 4 nitrogen and oxygen atoms in total. The largest absolute Gasteiger partial charge is 0.328 e. The van der Waals surface area contributed by atoms with Crippen LogP contribution in [0.2, 0.25) is 0 Å². The van der Waals surface area contributed by atoms with Gasteiger partial charge in [0, 0.05) is 32.7 Å². The van der Waals surface area contributed by atoms with E-state index in [4.69, 9.17) is 5.73 Å². The number of hydrogen-bond donors (Lipinski definition) is 1. The van der Waals surface area contributed by atoms with Gasteiger partial charge in [0.2, 0.25) is 0 Å². The topological polar surface area (TPSA) is 49.6 Å². The minimum Gasteiger partial charge on any atom is -0.328 e. The Morgan fingerprint density at radius 2 is 2.25 bits per heavy atom. The van der Waals surface area contributed by atoms with Crippen LogP contribution in [0.15, 0.2) is 0 Å². The van der Waals surface area contributed by atoms with Crippen LogP contribution in [0.4, 0.5) is 4.79 Å². The summed E-state index contributed by atoms with van der Waals surface area (Å²) in [4.78, 5) is 15.6. The van der Waals surface area contributed by atoms with Crippen LogP contribution >= 0.6 is 12.4 Å². The zero-order chi connectivity index (χ0) is 11.4. The Kier molecular flexibility index (Phi) is 6.76. The second kappa shape index (κ2) is 6.97. The molecule has 2 atom stereocenters. The van der Waals surface area contributed by atoms with Crippen LogP contribution in [0, 0.1) is 5.92 Å². The predicted molar refractivity (Wildman–Crippen MR) is 68.9 cm³/mol. The second-order valence-corrected chi connectivity index (χ2v) is 4.50. The molecule has 96 valence electrons. The predicted octanol–water partition coefficient (Wildman–Crippen LogP) is 1.54. The molecule has 2 N–H and O–H groups in total. The van der Waals surface area contributed by atoms with Crippen LogP contribution in [0.5, 0.6) is 0 Å². The third-order valence-corrected chi connectivity index (χ3v) is 3.27. The summed E-state index contributed by atoms with van der Waals surface area (Å²) in [5.41, 5.74) is 5.89. The van der Waals surface area contributed by atoms with E-state index in [2.05, 4.69) is 0 Å². The van der Waals surface area contributed by atoms with Crippen molar-refractivity contribution in [1.82, 2.24) is 9.80 Å². The van der Waals surface area contributed by atoms with Crippen molar-refractivity contribution < 1.29 is 4.79 Å². The highest BCUT2D eigenvalue weighted by atomic mass is 35.5. The number of likely N-dealkylation sites (tertiary alicyclic amines) is 1. The second-order valence-electron chi connectivity index (χ2n) is 4.50. The van der Waals surface area contributed by atoms with E-state index >= 15 is 0 Å². The van der Waals surface area contributed by atoms with Gasteiger partial charge in [0.15, 0.2) is 0 Å². The van der Waals surface area contributed by atoms with Gasteiger partial charge in [-0.1, -0.05) is 0 Å². The number of piperidine rings is 1. The third-order valence-electron chi connectivity index (χ3n) is 3.27. The standard InChI is InChI=1S/C11H23N3O.ClH/c1-4-13(3)11(15)14-7-5-6-10(8-14)9(2)12;/h9-10H,4-8,12H2,1-3H3;1H. The van der Waals surface area contributed by atoms with Gasteiger partial charge in [-0.25, -0.2) is 4.79 Å². The van der Waals surface area contributed by atoms with E-state index in [1.165, 1.54) is 0 Å². The molecular formula is C11H24ClN3O. The highest BCUT2D eigenvalue weighted by Gasteiger charge is 2.26. The molecule has 1 saturated heterocycles. The summed E-state index contributed by atoms with van der Waals surface area (Å²) in [5, 5.41) is 0. The Balaban J connectivity index is 0.00000225. The van der Waals surface area contributed by atoms with Crippen LogP contribution < -0.4 is 5.73 Å². The zero-order valence-corrected chi connectivity index (χ0v) is 11.3. The molecule has 0 radical (unpaired) electrons. The summed E-state index contributed by atoms with van der Waals surface area (Å²) in [6.45, 7) is 6.48. The zero-order valence-electron chi connectivity index (χ0n) is 10.5. The van der Waals surface area contributed by atoms with Crippen molar-refractivity contribution in [3.8, 4) is 0 Å².